The molecule has 0 bridgehead atoms. The third-order valence-electron chi connectivity index (χ3n) is 6.56. The molecular weight excluding hydrogens is 352 g/mol. The summed E-state index contributed by atoms with van der Waals surface area (Å²) in [6, 6.07) is 2.44. The van der Waals surface area contributed by atoms with Gasteiger partial charge in [0.2, 0.25) is 0 Å². The van der Waals surface area contributed by atoms with E-state index in [0.717, 1.165) is 81.5 Å². The Labute approximate surface area is 165 Å². The lowest BCUT2D eigenvalue weighted by molar-refractivity contribution is 0.299. The highest BCUT2D eigenvalue weighted by Crippen LogP contribution is 2.31. The minimum absolute atomic E-state index is 0.0740. The van der Waals surface area contributed by atoms with E-state index in [-0.39, 0.29) is 11.6 Å². The highest BCUT2D eigenvalue weighted by atomic mass is 16.1. The number of likely N-dealkylation sites (N-methyl/N-ethyl adjacent to an activating group) is 1. The highest BCUT2D eigenvalue weighted by molar-refractivity contribution is 5.47. The summed E-state index contributed by atoms with van der Waals surface area (Å²) >= 11 is 0. The van der Waals surface area contributed by atoms with Crippen LogP contribution in [0.25, 0.3) is 0 Å². The molecule has 2 aromatic heterocycles. The molecule has 2 aromatic rings. The molecule has 7 heteroatoms. The van der Waals surface area contributed by atoms with E-state index >= 15 is 0 Å². The van der Waals surface area contributed by atoms with Gasteiger partial charge in [0.05, 0.1) is 17.4 Å². The van der Waals surface area contributed by atoms with E-state index in [1.807, 2.05) is 6.07 Å². The molecule has 5 rings (SSSR count). The zero-order valence-electron chi connectivity index (χ0n) is 16.5. The minimum atomic E-state index is 0.0740. The summed E-state index contributed by atoms with van der Waals surface area (Å²) in [5.41, 5.74) is 4.80. The maximum Gasteiger partial charge on any atom is 0.267 e. The first-order valence-electron chi connectivity index (χ1n) is 10.6. The van der Waals surface area contributed by atoms with Crippen LogP contribution in [-0.2, 0) is 25.8 Å². The highest BCUT2D eigenvalue weighted by Gasteiger charge is 2.27. The van der Waals surface area contributed by atoms with Crippen LogP contribution in [0.2, 0.25) is 0 Å². The molecule has 0 atom stereocenters. The number of hydrogen-bond donors (Lipinski definition) is 1. The number of aryl methyl sites for hydroxylation is 2. The van der Waals surface area contributed by atoms with Crippen molar-refractivity contribution in [3.63, 3.8) is 0 Å². The molecular formula is C21H28N6O. The predicted octanol–water partition coefficient (Wildman–Crippen LogP) is 2.11. The molecule has 7 nitrogen and oxygen atoms in total. The maximum absolute atomic E-state index is 12.5. The number of rotatable bonds is 3. The molecule has 0 spiro atoms. The second-order valence-corrected chi connectivity index (χ2v) is 8.54. The van der Waals surface area contributed by atoms with Crippen molar-refractivity contribution in [2.45, 2.75) is 70.0 Å². The zero-order valence-corrected chi connectivity index (χ0v) is 16.5. The Hall–Kier alpha value is -2.28. The Kier molecular flexibility index (Phi) is 4.62. The van der Waals surface area contributed by atoms with Gasteiger partial charge in [-0.3, -0.25) is 4.79 Å². The lowest BCUT2D eigenvalue weighted by atomic mass is 9.91. The van der Waals surface area contributed by atoms with E-state index in [4.69, 9.17) is 5.10 Å². The van der Waals surface area contributed by atoms with Crippen molar-refractivity contribution in [1.82, 2.24) is 24.6 Å². The fraction of sp³-hybridized carbons (Fsp3) is 0.619. The standard InChI is InChI=1S/C21H28N6O/c1-26-10-9-19-17(12-26)21(23-13-22-19)24-15-5-7-16(8-6-15)27-20(28)11-14-3-2-4-18(14)25-27/h11,13,15-16H,2-10,12H2,1H3,(H,22,23,24). The summed E-state index contributed by atoms with van der Waals surface area (Å²) in [6.45, 7) is 1.96. The number of nitrogens with zero attached hydrogens (tertiary/aromatic N) is 5. The number of hydrogen-bond acceptors (Lipinski definition) is 6. The van der Waals surface area contributed by atoms with Crippen LogP contribution in [0.3, 0.4) is 0 Å². The van der Waals surface area contributed by atoms with Crippen LogP contribution < -0.4 is 10.9 Å². The first-order chi connectivity index (χ1) is 13.7. The Morgan fingerprint density at radius 1 is 1.07 bits per heavy atom. The van der Waals surface area contributed by atoms with Gasteiger partial charge in [0, 0.05) is 37.2 Å². The quantitative estimate of drug-likeness (QED) is 0.879. The summed E-state index contributed by atoms with van der Waals surface area (Å²) in [6.07, 6.45) is 9.85. The summed E-state index contributed by atoms with van der Waals surface area (Å²) in [4.78, 5) is 23.8. The number of fused-ring (bicyclic) bond motifs is 2. The van der Waals surface area contributed by atoms with Crippen LogP contribution in [0.5, 0.6) is 0 Å². The SMILES string of the molecule is CN1CCc2ncnc(NC3CCC(n4nc5c(cc4=O)CCC5)CC3)c2C1. The molecule has 2 aliphatic carbocycles. The van der Waals surface area contributed by atoms with Crippen molar-refractivity contribution in [2.75, 3.05) is 18.9 Å². The van der Waals surface area contributed by atoms with Gasteiger partial charge in [-0.1, -0.05) is 0 Å². The van der Waals surface area contributed by atoms with Gasteiger partial charge >= 0.3 is 0 Å². The lowest BCUT2D eigenvalue weighted by Gasteiger charge is -2.32. The van der Waals surface area contributed by atoms with Gasteiger partial charge < -0.3 is 10.2 Å². The molecule has 1 saturated carbocycles. The molecule has 0 amide bonds. The lowest BCUT2D eigenvalue weighted by Crippen LogP contribution is -2.35. The van der Waals surface area contributed by atoms with E-state index in [2.05, 4.69) is 27.2 Å². The van der Waals surface area contributed by atoms with Gasteiger partial charge in [-0.2, -0.15) is 5.10 Å². The van der Waals surface area contributed by atoms with Gasteiger partial charge in [0.15, 0.2) is 0 Å². The molecule has 3 heterocycles. The minimum Gasteiger partial charge on any atom is -0.367 e. The first-order valence-corrected chi connectivity index (χ1v) is 10.6. The predicted molar refractivity (Wildman–Crippen MR) is 108 cm³/mol. The van der Waals surface area contributed by atoms with Gasteiger partial charge in [0.1, 0.15) is 12.1 Å². The Balaban J connectivity index is 1.27. The Morgan fingerprint density at radius 2 is 1.93 bits per heavy atom. The van der Waals surface area contributed by atoms with Crippen molar-refractivity contribution in [3.05, 3.63) is 45.3 Å². The second kappa shape index (κ2) is 7.28. The van der Waals surface area contributed by atoms with Crippen LogP contribution in [-0.4, -0.2) is 44.3 Å². The van der Waals surface area contributed by atoms with Gasteiger partial charge in [-0.25, -0.2) is 14.6 Å². The van der Waals surface area contributed by atoms with Crippen LogP contribution in [0.4, 0.5) is 5.82 Å². The average molecular weight is 380 g/mol. The van der Waals surface area contributed by atoms with Crippen LogP contribution >= 0.6 is 0 Å². The molecule has 1 fully saturated rings. The smallest absolute Gasteiger partial charge is 0.267 e. The molecule has 148 valence electrons. The second-order valence-electron chi connectivity index (χ2n) is 8.54. The Bertz CT molecular complexity index is 931. The van der Waals surface area contributed by atoms with Gasteiger partial charge in [-0.15, -0.1) is 0 Å². The third-order valence-corrected chi connectivity index (χ3v) is 6.56. The van der Waals surface area contributed by atoms with Crippen LogP contribution in [0.15, 0.2) is 17.2 Å². The summed E-state index contributed by atoms with van der Waals surface area (Å²) in [5.74, 6) is 0.993. The fourth-order valence-electron chi connectivity index (χ4n) is 4.94. The fourth-order valence-corrected chi connectivity index (χ4v) is 4.94. The topological polar surface area (TPSA) is 75.9 Å². The van der Waals surface area contributed by atoms with Crippen molar-refractivity contribution >= 4 is 5.82 Å². The Morgan fingerprint density at radius 3 is 2.79 bits per heavy atom. The molecule has 1 aliphatic heterocycles. The summed E-state index contributed by atoms with van der Waals surface area (Å²) < 4.78 is 1.77. The van der Waals surface area contributed by atoms with Crippen molar-refractivity contribution in [2.24, 2.45) is 0 Å². The first kappa shape index (κ1) is 17.8. The molecule has 1 N–H and O–H groups in total. The number of anilines is 1. The molecule has 3 aliphatic rings. The summed E-state index contributed by atoms with van der Waals surface area (Å²) in [7, 11) is 2.15. The van der Waals surface area contributed by atoms with E-state index in [1.165, 1.54) is 11.3 Å². The van der Waals surface area contributed by atoms with Crippen LogP contribution in [0, 0.1) is 0 Å². The normalized spacial score (nSPS) is 24.6. The van der Waals surface area contributed by atoms with Gasteiger partial charge in [0.25, 0.3) is 5.56 Å². The molecule has 28 heavy (non-hydrogen) atoms. The van der Waals surface area contributed by atoms with Crippen molar-refractivity contribution in [1.29, 1.82) is 0 Å². The van der Waals surface area contributed by atoms with Gasteiger partial charge in [-0.05, 0) is 57.6 Å². The van der Waals surface area contributed by atoms with Crippen LogP contribution in [0.1, 0.15) is 60.7 Å². The maximum atomic E-state index is 12.5. The van der Waals surface area contributed by atoms with E-state index < -0.39 is 0 Å². The molecule has 0 saturated heterocycles. The van der Waals surface area contributed by atoms with Crippen molar-refractivity contribution in [3.8, 4) is 0 Å². The summed E-state index contributed by atoms with van der Waals surface area (Å²) in [5, 5.41) is 8.38. The molecule has 0 radical (unpaired) electrons. The average Bonchev–Trinajstić information content (AvgIpc) is 3.16. The molecule has 0 unspecified atom stereocenters. The number of aromatic nitrogens is 4. The van der Waals surface area contributed by atoms with Crippen molar-refractivity contribution < 1.29 is 0 Å². The van der Waals surface area contributed by atoms with E-state index in [0.29, 0.717) is 6.04 Å². The largest absolute Gasteiger partial charge is 0.367 e. The molecule has 0 aromatic carbocycles. The monoisotopic (exact) mass is 380 g/mol. The van der Waals surface area contributed by atoms with E-state index in [9.17, 15) is 4.79 Å². The van der Waals surface area contributed by atoms with E-state index in [1.54, 1.807) is 11.0 Å². The zero-order chi connectivity index (χ0) is 19.1. The third kappa shape index (κ3) is 3.32. The number of nitrogens with one attached hydrogen (secondary N) is 1.